The summed E-state index contributed by atoms with van der Waals surface area (Å²) < 4.78 is 5.22. The summed E-state index contributed by atoms with van der Waals surface area (Å²) in [5, 5.41) is 10.3. The highest BCUT2D eigenvalue weighted by molar-refractivity contribution is 8.00. The Labute approximate surface area is 101 Å². The Bertz CT molecular complexity index is 382. The van der Waals surface area contributed by atoms with Gasteiger partial charge >= 0.3 is 0 Å². The summed E-state index contributed by atoms with van der Waals surface area (Å²) in [7, 11) is 1.69. The maximum Gasteiger partial charge on any atom is 0.119 e. The molecule has 0 saturated carbocycles. The van der Waals surface area contributed by atoms with Gasteiger partial charge in [0.2, 0.25) is 0 Å². The Morgan fingerprint density at radius 3 is 2.88 bits per heavy atom. The zero-order valence-electron chi connectivity index (χ0n) is 9.99. The molecule has 1 aromatic carbocycles. The van der Waals surface area contributed by atoms with E-state index >= 15 is 0 Å². The summed E-state index contributed by atoms with van der Waals surface area (Å²) in [6.45, 7) is 3.74. The molecule has 0 bridgehead atoms. The summed E-state index contributed by atoms with van der Waals surface area (Å²) in [6, 6.07) is 6.22. The van der Waals surface area contributed by atoms with Crippen LogP contribution in [0.4, 0.5) is 0 Å². The minimum absolute atomic E-state index is 0.488. The van der Waals surface area contributed by atoms with Gasteiger partial charge in [-0.1, -0.05) is 0 Å². The van der Waals surface area contributed by atoms with E-state index in [0.717, 1.165) is 18.6 Å². The third-order valence-corrected chi connectivity index (χ3v) is 4.05. The first-order valence-electron chi connectivity index (χ1n) is 5.54. The van der Waals surface area contributed by atoms with Gasteiger partial charge in [-0.2, -0.15) is 0 Å². The van der Waals surface area contributed by atoms with Crippen molar-refractivity contribution in [3.8, 4) is 5.75 Å². The third kappa shape index (κ3) is 2.71. The predicted octanol–water partition coefficient (Wildman–Crippen LogP) is 2.87. The average molecular weight is 238 g/mol. The zero-order valence-corrected chi connectivity index (χ0v) is 10.8. The van der Waals surface area contributed by atoms with Crippen molar-refractivity contribution in [2.45, 2.75) is 42.4 Å². The predicted molar refractivity (Wildman–Crippen MR) is 67.3 cm³/mol. The lowest BCUT2D eigenvalue weighted by molar-refractivity contribution is 0.0709. The van der Waals surface area contributed by atoms with Crippen LogP contribution in [-0.2, 0) is 6.42 Å². The van der Waals surface area contributed by atoms with Gasteiger partial charge in [0.1, 0.15) is 5.75 Å². The van der Waals surface area contributed by atoms with Crippen LogP contribution in [0.5, 0.6) is 5.75 Å². The molecule has 1 heterocycles. The van der Waals surface area contributed by atoms with Gasteiger partial charge in [-0.05, 0) is 50.5 Å². The normalized spacial score (nSPS) is 19.6. The lowest BCUT2D eigenvalue weighted by Gasteiger charge is -2.20. The monoisotopic (exact) mass is 238 g/mol. The van der Waals surface area contributed by atoms with E-state index in [9.17, 15) is 5.11 Å². The van der Waals surface area contributed by atoms with E-state index < -0.39 is 5.60 Å². The van der Waals surface area contributed by atoms with Gasteiger partial charge in [0, 0.05) is 10.1 Å². The molecule has 3 heteroatoms. The van der Waals surface area contributed by atoms with Crippen molar-refractivity contribution >= 4 is 11.8 Å². The van der Waals surface area contributed by atoms with Crippen molar-refractivity contribution in [2.24, 2.45) is 0 Å². The van der Waals surface area contributed by atoms with Crippen LogP contribution in [0.1, 0.15) is 25.8 Å². The first kappa shape index (κ1) is 11.8. The molecule has 0 aromatic heterocycles. The highest BCUT2D eigenvalue weighted by atomic mass is 32.2. The Kier molecular flexibility index (Phi) is 3.17. The van der Waals surface area contributed by atoms with Crippen LogP contribution in [0.2, 0.25) is 0 Å². The van der Waals surface area contributed by atoms with Crippen molar-refractivity contribution in [1.29, 1.82) is 0 Å². The number of rotatable bonds is 3. The second-order valence-electron chi connectivity index (χ2n) is 4.93. The Morgan fingerprint density at radius 1 is 1.50 bits per heavy atom. The highest BCUT2D eigenvalue weighted by Gasteiger charge is 2.27. The van der Waals surface area contributed by atoms with Gasteiger partial charge in [0.15, 0.2) is 0 Å². The topological polar surface area (TPSA) is 29.5 Å². The summed E-state index contributed by atoms with van der Waals surface area (Å²) in [4.78, 5) is 1.33. The molecule has 1 unspecified atom stereocenters. The van der Waals surface area contributed by atoms with Gasteiger partial charge in [0.25, 0.3) is 0 Å². The van der Waals surface area contributed by atoms with Crippen LogP contribution in [-0.4, -0.2) is 23.1 Å². The van der Waals surface area contributed by atoms with Gasteiger partial charge < -0.3 is 9.84 Å². The van der Waals surface area contributed by atoms with E-state index in [0.29, 0.717) is 5.25 Å². The van der Waals surface area contributed by atoms with E-state index in [1.165, 1.54) is 10.5 Å². The lowest BCUT2D eigenvalue weighted by Crippen LogP contribution is -2.24. The van der Waals surface area contributed by atoms with Crippen LogP contribution in [0, 0.1) is 0 Å². The number of aliphatic hydroxyl groups is 1. The second-order valence-corrected chi connectivity index (χ2v) is 6.28. The van der Waals surface area contributed by atoms with Crippen LogP contribution in [0.15, 0.2) is 23.1 Å². The lowest BCUT2D eigenvalue weighted by atomic mass is 9.99. The molecule has 0 fully saturated rings. The van der Waals surface area contributed by atoms with Crippen molar-refractivity contribution in [1.82, 2.24) is 0 Å². The molecule has 1 aliphatic rings. The number of benzene rings is 1. The standard InChI is InChI=1S/C13H18O2S/c1-13(2,14)8-11-7-9-6-10(15-3)4-5-12(9)16-11/h4-6,11,14H,7-8H2,1-3H3. The van der Waals surface area contributed by atoms with Gasteiger partial charge in [-0.25, -0.2) is 0 Å². The molecule has 1 N–H and O–H groups in total. The van der Waals surface area contributed by atoms with Crippen LogP contribution < -0.4 is 4.74 Å². The maximum atomic E-state index is 9.82. The fraction of sp³-hybridized carbons (Fsp3) is 0.538. The summed E-state index contributed by atoms with van der Waals surface area (Å²) in [5.41, 5.74) is 0.766. The Morgan fingerprint density at radius 2 is 2.25 bits per heavy atom. The number of fused-ring (bicyclic) bond motifs is 1. The molecule has 88 valence electrons. The summed E-state index contributed by atoms with van der Waals surface area (Å²) in [6.07, 6.45) is 1.86. The number of thioether (sulfide) groups is 1. The molecule has 0 spiro atoms. The molecule has 2 nitrogen and oxygen atoms in total. The van der Waals surface area contributed by atoms with E-state index in [1.54, 1.807) is 7.11 Å². The Balaban J connectivity index is 2.09. The van der Waals surface area contributed by atoms with Crippen molar-refractivity contribution in [3.05, 3.63) is 23.8 Å². The molecule has 0 saturated heterocycles. The number of hydrogen-bond acceptors (Lipinski definition) is 3. The van der Waals surface area contributed by atoms with Crippen molar-refractivity contribution < 1.29 is 9.84 Å². The molecule has 1 atom stereocenters. The molecule has 0 amide bonds. The van der Waals surface area contributed by atoms with Gasteiger partial charge in [0.05, 0.1) is 12.7 Å². The average Bonchev–Trinajstić information content (AvgIpc) is 2.55. The minimum Gasteiger partial charge on any atom is -0.497 e. The quantitative estimate of drug-likeness (QED) is 0.878. The number of ether oxygens (including phenoxy) is 1. The van der Waals surface area contributed by atoms with Crippen molar-refractivity contribution in [3.63, 3.8) is 0 Å². The van der Waals surface area contributed by atoms with E-state index in [2.05, 4.69) is 12.1 Å². The van der Waals surface area contributed by atoms with Crippen LogP contribution in [0.25, 0.3) is 0 Å². The second kappa shape index (κ2) is 4.30. The molecule has 1 aromatic rings. The molecule has 2 rings (SSSR count). The minimum atomic E-state index is -0.580. The number of methoxy groups -OCH3 is 1. The summed E-state index contributed by atoms with van der Waals surface area (Å²) >= 11 is 1.87. The maximum absolute atomic E-state index is 9.82. The molecule has 1 aliphatic heterocycles. The van der Waals surface area contributed by atoms with E-state index in [-0.39, 0.29) is 0 Å². The van der Waals surface area contributed by atoms with Crippen LogP contribution >= 0.6 is 11.8 Å². The molecular weight excluding hydrogens is 220 g/mol. The van der Waals surface area contributed by atoms with Gasteiger partial charge in [-0.15, -0.1) is 11.8 Å². The molecular formula is C13H18O2S. The smallest absolute Gasteiger partial charge is 0.119 e. The first-order valence-corrected chi connectivity index (χ1v) is 6.42. The van der Waals surface area contributed by atoms with Crippen molar-refractivity contribution in [2.75, 3.05) is 7.11 Å². The molecule has 16 heavy (non-hydrogen) atoms. The molecule has 0 aliphatic carbocycles. The molecule has 0 radical (unpaired) electrons. The van der Waals surface area contributed by atoms with Gasteiger partial charge in [-0.3, -0.25) is 0 Å². The number of hydrogen-bond donors (Lipinski definition) is 1. The fourth-order valence-corrected chi connectivity index (χ4v) is 3.65. The van der Waals surface area contributed by atoms with E-state index in [1.807, 2.05) is 31.7 Å². The van der Waals surface area contributed by atoms with E-state index in [4.69, 9.17) is 4.74 Å². The largest absolute Gasteiger partial charge is 0.497 e. The third-order valence-electron chi connectivity index (χ3n) is 2.74. The Hall–Kier alpha value is -0.670. The fourth-order valence-electron chi connectivity index (χ4n) is 2.09. The summed E-state index contributed by atoms with van der Waals surface area (Å²) in [5.74, 6) is 0.920. The first-order chi connectivity index (χ1) is 7.48. The highest BCUT2D eigenvalue weighted by Crippen LogP contribution is 2.41. The zero-order chi connectivity index (χ0) is 11.8. The SMILES string of the molecule is COc1ccc2c(c1)CC(CC(C)(C)O)S2. The van der Waals surface area contributed by atoms with Crippen LogP contribution in [0.3, 0.4) is 0 Å².